The fourth-order valence-corrected chi connectivity index (χ4v) is 4.59. The minimum Gasteiger partial charge on any atom is -0.469 e. The van der Waals surface area contributed by atoms with Crippen LogP contribution >= 0.6 is 0 Å². The number of halogens is 1. The van der Waals surface area contributed by atoms with Crippen LogP contribution < -0.4 is 10.3 Å². The highest BCUT2D eigenvalue weighted by Crippen LogP contribution is 2.33. The zero-order valence-corrected chi connectivity index (χ0v) is 18.2. The highest BCUT2D eigenvalue weighted by Gasteiger charge is 2.37. The molecule has 1 N–H and O–H groups in total. The third-order valence-corrected chi connectivity index (χ3v) is 6.47. The summed E-state index contributed by atoms with van der Waals surface area (Å²) in [5, 5.41) is 10.2. The zero-order chi connectivity index (χ0) is 21.8. The van der Waals surface area contributed by atoms with Gasteiger partial charge in [0.2, 0.25) is 0 Å². The van der Waals surface area contributed by atoms with E-state index < -0.39 is 0 Å². The molecule has 1 saturated heterocycles. The number of methoxy groups -OCH3 is 1. The number of hydrogen-bond donors (Lipinski definition) is 1. The predicted molar refractivity (Wildman–Crippen MR) is 121 cm³/mol. The van der Waals surface area contributed by atoms with Gasteiger partial charge in [-0.1, -0.05) is 31.2 Å². The largest absolute Gasteiger partial charge is 0.469 e. The average Bonchev–Trinajstić information content (AvgIpc) is 3.11. The summed E-state index contributed by atoms with van der Waals surface area (Å²) in [6, 6.07) is 14.7. The molecule has 0 spiro atoms. The number of nitrogens with one attached hydrogen (secondary N) is 1. The van der Waals surface area contributed by atoms with Crippen molar-refractivity contribution in [3.8, 4) is 0 Å². The van der Waals surface area contributed by atoms with Crippen LogP contribution in [0, 0.1) is 17.7 Å². The molecule has 1 fully saturated rings. The van der Waals surface area contributed by atoms with E-state index in [1.54, 1.807) is 12.1 Å². The van der Waals surface area contributed by atoms with Gasteiger partial charge in [-0.15, -0.1) is 0 Å². The maximum atomic E-state index is 13.4. The van der Waals surface area contributed by atoms with Crippen molar-refractivity contribution < 1.29 is 13.9 Å². The molecule has 4 rings (SSSR count). The zero-order valence-electron chi connectivity index (χ0n) is 18.2. The molecular formula is C25H30FN3O2. The van der Waals surface area contributed by atoms with Crippen molar-refractivity contribution in [1.29, 1.82) is 0 Å². The van der Waals surface area contributed by atoms with Crippen molar-refractivity contribution in [1.82, 2.24) is 5.32 Å². The van der Waals surface area contributed by atoms with Crippen molar-refractivity contribution in [2.45, 2.75) is 38.6 Å². The minimum atomic E-state index is -0.276. The van der Waals surface area contributed by atoms with Crippen LogP contribution in [0.25, 0.3) is 0 Å². The Balaban J connectivity index is 1.57. The maximum absolute atomic E-state index is 13.4. The Morgan fingerprint density at radius 3 is 2.45 bits per heavy atom. The fourth-order valence-electron chi connectivity index (χ4n) is 4.59. The molecule has 0 unspecified atom stereocenters. The standard InChI is InChI=1S/C25H30FN3O2/c1-17-23(16-24(30)31-2)29(28-25(17)20-5-7-21(26)8-6-20)22-9-3-18(4-10-22)15-19-11-13-27-14-12-19/h3-10,17,19,23,27H,11-16H2,1-2H3/t17-,23-/m0/s1. The van der Waals surface area contributed by atoms with Crippen LogP contribution in [0.2, 0.25) is 0 Å². The molecule has 0 saturated carbocycles. The van der Waals surface area contributed by atoms with Gasteiger partial charge in [-0.25, -0.2) is 4.39 Å². The van der Waals surface area contributed by atoms with Crippen LogP contribution in [-0.4, -0.2) is 37.9 Å². The van der Waals surface area contributed by atoms with E-state index in [1.807, 2.05) is 5.01 Å². The first kappa shape index (κ1) is 21.5. The molecule has 0 aliphatic carbocycles. The van der Waals surface area contributed by atoms with Crippen molar-refractivity contribution in [3.63, 3.8) is 0 Å². The average molecular weight is 424 g/mol. The molecule has 0 bridgehead atoms. The third kappa shape index (κ3) is 4.96. The lowest BCUT2D eigenvalue weighted by molar-refractivity contribution is -0.141. The highest BCUT2D eigenvalue weighted by molar-refractivity contribution is 6.05. The molecule has 2 heterocycles. The number of hydrazone groups is 1. The number of rotatable bonds is 6. The number of anilines is 1. The molecule has 2 aliphatic heterocycles. The second-order valence-corrected chi connectivity index (χ2v) is 8.54. The summed E-state index contributed by atoms with van der Waals surface area (Å²) >= 11 is 0. The van der Waals surface area contributed by atoms with Crippen molar-refractivity contribution >= 4 is 17.4 Å². The molecule has 2 aromatic carbocycles. The first-order valence-electron chi connectivity index (χ1n) is 11.1. The van der Waals surface area contributed by atoms with Gasteiger partial charge in [0.25, 0.3) is 0 Å². The molecule has 0 aromatic heterocycles. The second-order valence-electron chi connectivity index (χ2n) is 8.54. The van der Waals surface area contributed by atoms with E-state index in [1.165, 1.54) is 37.6 Å². The Bertz CT molecular complexity index is 921. The van der Waals surface area contributed by atoms with Crippen molar-refractivity contribution in [3.05, 3.63) is 65.5 Å². The lowest BCUT2D eigenvalue weighted by Crippen LogP contribution is -2.34. The van der Waals surface area contributed by atoms with Gasteiger partial charge >= 0.3 is 5.97 Å². The van der Waals surface area contributed by atoms with E-state index in [4.69, 9.17) is 9.84 Å². The van der Waals surface area contributed by atoms with Gasteiger partial charge in [0.15, 0.2) is 0 Å². The molecule has 6 heteroatoms. The van der Waals surface area contributed by atoms with Crippen LogP contribution in [0.1, 0.15) is 37.3 Å². The monoisotopic (exact) mass is 423 g/mol. The molecule has 31 heavy (non-hydrogen) atoms. The van der Waals surface area contributed by atoms with Crippen LogP contribution in [-0.2, 0) is 16.0 Å². The summed E-state index contributed by atoms with van der Waals surface area (Å²) in [6.45, 7) is 4.26. The quantitative estimate of drug-likeness (QED) is 0.709. The number of ether oxygens (including phenoxy) is 1. The summed E-state index contributed by atoms with van der Waals surface area (Å²) < 4.78 is 18.3. The first-order valence-corrected chi connectivity index (χ1v) is 11.1. The van der Waals surface area contributed by atoms with Gasteiger partial charge in [-0.3, -0.25) is 9.80 Å². The van der Waals surface area contributed by atoms with E-state index in [0.717, 1.165) is 42.4 Å². The number of carbonyl (C=O) groups excluding carboxylic acids is 1. The van der Waals surface area contributed by atoms with Crippen molar-refractivity contribution in [2.24, 2.45) is 16.9 Å². The summed E-state index contributed by atoms with van der Waals surface area (Å²) in [5.74, 6) is 0.190. The first-order chi connectivity index (χ1) is 15.0. The van der Waals surface area contributed by atoms with Crippen molar-refractivity contribution in [2.75, 3.05) is 25.2 Å². The fraction of sp³-hybridized carbons (Fsp3) is 0.440. The maximum Gasteiger partial charge on any atom is 0.307 e. The summed E-state index contributed by atoms with van der Waals surface area (Å²) in [7, 11) is 1.41. The highest BCUT2D eigenvalue weighted by atomic mass is 19.1. The van der Waals surface area contributed by atoms with E-state index in [-0.39, 0.29) is 30.2 Å². The number of piperidine rings is 1. The number of benzene rings is 2. The SMILES string of the molecule is COC(=O)C[C@H]1[C@H](C)C(c2ccc(F)cc2)=NN1c1ccc(CC2CCNCC2)cc1. The second kappa shape index (κ2) is 9.60. The molecule has 5 nitrogen and oxygen atoms in total. The Labute approximate surface area is 183 Å². The molecule has 2 aliphatic rings. The van der Waals surface area contributed by atoms with E-state index >= 15 is 0 Å². The van der Waals surface area contributed by atoms with E-state index in [2.05, 4.69) is 36.5 Å². The van der Waals surface area contributed by atoms with Crippen LogP contribution in [0.4, 0.5) is 10.1 Å². The molecule has 2 atom stereocenters. The summed E-state index contributed by atoms with van der Waals surface area (Å²) in [6.07, 6.45) is 3.77. The van der Waals surface area contributed by atoms with Gasteiger partial charge in [0, 0.05) is 5.92 Å². The Kier molecular flexibility index (Phi) is 6.66. The molecular weight excluding hydrogens is 393 g/mol. The number of nitrogens with zero attached hydrogens (tertiary/aromatic N) is 2. The molecule has 0 radical (unpaired) electrons. The van der Waals surface area contributed by atoms with Gasteiger partial charge in [-0.2, -0.15) is 5.10 Å². The smallest absolute Gasteiger partial charge is 0.307 e. The normalized spacial score (nSPS) is 21.8. The number of esters is 1. The van der Waals surface area contributed by atoms with Gasteiger partial charge in [-0.05, 0) is 73.7 Å². The minimum absolute atomic E-state index is 0.000948. The number of hydrogen-bond acceptors (Lipinski definition) is 5. The third-order valence-electron chi connectivity index (χ3n) is 6.47. The molecule has 0 amide bonds. The summed E-state index contributed by atoms with van der Waals surface area (Å²) in [5.41, 5.74) is 4.00. The Hall–Kier alpha value is -2.73. The van der Waals surface area contributed by atoms with E-state index in [0.29, 0.717) is 0 Å². The topological polar surface area (TPSA) is 53.9 Å². The van der Waals surface area contributed by atoms with E-state index in [9.17, 15) is 9.18 Å². The van der Waals surface area contributed by atoms with Crippen LogP contribution in [0.5, 0.6) is 0 Å². The van der Waals surface area contributed by atoms with Crippen LogP contribution in [0.15, 0.2) is 53.6 Å². The lowest BCUT2D eigenvalue weighted by Gasteiger charge is -2.26. The number of carbonyl (C=O) groups is 1. The summed E-state index contributed by atoms with van der Waals surface area (Å²) in [4.78, 5) is 12.1. The molecule has 2 aromatic rings. The van der Waals surface area contributed by atoms with Gasteiger partial charge < -0.3 is 10.1 Å². The van der Waals surface area contributed by atoms with Gasteiger partial charge in [0.05, 0.1) is 31.0 Å². The van der Waals surface area contributed by atoms with Gasteiger partial charge in [0.1, 0.15) is 5.82 Å². The lowest BCUT2D eigenvalue weighted by atomic mass is 9.90. The Morgan fingerprint density at radius 2 is 1.81 bits per heavy atom. The predicted octanol–water partition coefficient (Wildman–Crippen LogP) is 4.16. The Morgan fingerprint density at radius 1 is 1.13 bits per heavy atom. The molecule has 164 valence electrons. The van der Waals surface area contributed by atoms with Crippen LogP contribution in [0.3, 0.4) is 0 Å².